The maximum absolute atomic E-state index is 11.7. The molecular weight excluding hydrogens is 248 g/mol. The highest BCUT2D eigenvalue weighted by molar-refractivity contribution is 5.96. The van der Waals surface area contributed by atoms with Crippen molar-refractivity contribution in [3.05, 3.63) is 30.2 Å². The number of aryl methyl sites for hydroxylation is 1. The molecule has 0 fully saturated rings. The molecule has 0 saturated heterocycles. The molecule has 0 atom stereocenters. The first-order valence-corrected chi connectivity index (χ1v) is 5.70. The highest BCUT2D eigenvalue weighted by atomic mass is 16.5. The minimum atomic E-state index is -0.501. The zero-order valence-electron chi connectivity index (χ0n) is 10.7. The number of aromatic nitrogens is 3. The Balaban J connectivity index is 2.27. The van der Waals surface area contributed by atoms with Crippen LogP contribution < -0.4 is 10.5 Å². The fourth-order valence-electron chi connectivity index (χ4n) is 1.49. The normalized spacial score (nSPS) is 10.2. The van der Waals surface area contributed by atoms with E-state index in [9.17, 15) is 4.79 Å². The molecule has 7 heteroatoms. The highest BCUT2D eigenvalue weighted by Crippen LogP contribution is 2.27. The van der Waals surface area contributed by atoms with Crippen LogP contribution in [-0.4, -0.2) is 27.3 Å². The van der Waals surface area contributed by atoms with Crippen molar-refractivity contribution in [2.45, 2.75) is 6.92 Å². The van der Waals surface area contributed by atoms with Gasteiger partial charge in [0.05, 0.1) is 24.6 Å². The summed E-state index contributed by atoms with van der Waals surface area (Å²) in [5, 5.41) is 3.96. The van der Waals surface area contributed by atoms with Crippen LogP contribution in [0.5, 0.6) is 11.6 Å². The molecule has 2 aromatic rings. The molecule has 0 spiro atoms. The van der Waals surface area contributed by atoms with Gasteiger partial charge in [0.2, 0.25) is 5.88 Å². The molecule has 0 aliphatic carbocycles. The number of rotatable bonds is 4. The second kappa shape index (κ2) is 5.38. The molecule has 0 aromatic carbocycles. The van der Waals surface area contributed by atoms with Gasteiger partial charge in [-0.3, -0.25) is 4.68 Å². The maximum Gasteiger partial charge on any atom is 0.340 e. The third kappa shape index (κ3) is 2.82. The zero-order valence-corrected chi connectivity index (χ0v) is 10.7. The largest absolute Gasteiger partial charge is 0.462 e. The number of nitrogens with two attached hydrogens (primary N) is 1. The Hall–Kier alpha value is -2.57. The first-order chi connectivity index (χ1) is 9.11. The summed E-state index contributed by atoms with van der Waals surface area (Å²) in [6.07, 6.45) is 4.63. The van der Waals surface area contributed by atoms with Crippen LogP contribution in [0.25, 0.3) is 0 Å². The molecular formula is C12H14N4O3. The van der Waals surface area contributed by atoms with Gasteiger partial charge < -0.3 is 15.2 Å². The van der Waals surface area contributed by atoms with Crippen LogP contribution >= 0.6 is 0 Å². The van der Waals surface area contributed by atoms with Gasteiger partial charge in [0.1, 0.15) is 5.69 Å². The van der Waals surface area contributed by atoms with Crippen molar-refractivity contribution in [3.8, 4) is 11.6 Å². The average molecular weight is 262 g/mol. The van der Waals surface area contributed by atoms with E-state index in [1.165, 1.54) is 18.5 Å². The fraction of sp³-hybridized carbons (Fsp3) is 0.250. The van der Waals surface area contributed by atoms with E-state index in [-0.39, 0.29) is 23.7 Å². The molecule has 0 aliphatic heterocycles. The Morgan fingerprint density at radius 2 is 2.32 bits per heavy atom. The maximum atomic E-state index is 11.7. The Kier molecular flexibility index (Phi) is 3.65. The van der Waals surface area contributed by atoms with E-state index in [4.69, 9.17) is 15.2 Å². The van der Waals surface area contributed by atoms with Gasteiger partial charge in [0.15, 0.2) is 5.75 Å². The summed E-state index contributed by atoms with van der Waals surface area (Å²) in [6.45, 7) is 2.00. The molecule has 2 heterocycles. The second-order valence-corrected chi connectivity index (χ2v) is 3.75. The lowest BCUT2D eigenvalue weighted by Crippen LogP contribution is -2.09. The van der Waals surface area contributed by atoms with Crippen LogP contribution in [0.1, 0.15) is 17.3 Å². The van der Waals surface area contributed by atoms with Gasteiger partial charge in [-0.2, -0.15) is 5.10 Å². The van der Waals surface area contributed by atoms with Gasteiger partial charge in [-0.15, -0.1) is 0 Å². The number of anilines is 1. The summed E-state index contributed by atoms with van der Waals surface area (Å²) < 4.78 is 12.0. The minimum Gasteiger partial charge on any atom is -0.462 e. The zero-order chi connectivity index (χ0) is 13.8. The molecule has 2 rings (SSSR count). The quantitative estimate of drug-likeness (QED) is 0.836. The molecule has 0 aliphatic rings. The molecule has 0 radical (unpaired) electrons. The summed E-state index contributed by atoms with van der Waals surface area (Å²) in [5.74, 6) is 0.139. The van der Waals surface area contributed by atoms with Crippen molar-refractivity contribution in [2.75, 3.05) is 12.3 Å². The predicted molar refractivity (Wildman–Crippen MR) is 67.9 cm³/mol. The summed E-state index contributed by atoms with van der Waals surface area (Å²) in [4.78, 5) is 15.7. The number of ether oxygens (including phenoxy) is 2. The molecule has 2 N–H and O–H groups in total. The number of carbonyl (C=O) groups excluding carboxylic acids is 1. The average Bonchev–Trinajstić information content (AvgIpc) is 2.78. The molecule has 0 unspecified atom stereocenters. The van der Waals surface area contributed by atoms with Gasteiger partial charge in [0.25, 0.3) is 0 Å². The Labute approximate surface area is 110 Å². The number of hydrogen-bond acceptors (Lipinski definition) is 6. The molecule has 19 heavy (non-hydrogen) atoms. The van der Waals surface area contributed by atoms with E-state index in [0.717, 1.165) is 0 Å². The van der Waals surface area contributed by atoms with Gasteiger partial charge >= 0.3 is 5.97 Å². The van der Waals surface area contributed by atoms with E-state index in [1.807, 2.05) is 0 Å². The first kappa shape index (κ1) is 12.9. The second-order valence-electron chi connectivity index (χ2n) is 3.75. The Morgan fingerprint density at radius 1 is 1.53 bits per heavy atom. The molecule has 0 saturated carbocycles. The van der Waals surface area contributed by atoms with Gasteiger partial charge in [-0.05, 0) is 13.0 Å². The van der Waals surface area contributed by atoms with Crippen molar-refractivity contribution in [1.82, 2.24) is 14.8 Å². The number of pyridine rings is 1. The number of hydrogen-bond donors (Lipinski definition) is 1. The number of carbonyl (C=O) groups is 1. The summed E-state index contributed by atoms with van der Waals surface area (Å²) >= 11 is 0. The van der Waals surface area contributed by atoms with Crippen LogP contribution in [0.15, 0.2) is 24.7 Å². The summed E-state index contributed by atoms with van der Waals surface area (Å²) in [6, 6.07) is 1.49. The van der Waals surface area contributed by atoms with Crippen LogP contribution in [0.4, 0.5) is 5.69 Å². The lowest BCUT2D eigenvalue weighted by Gasteiger charge is -2.09. The summed E-state index contributed by atoms with van der Waals surface area (Å²) in [7, 11) is 1.76. The smallest absolute Gasteiger partial charge is 0.340 e. The van der Waals surface area contributed by atoms with Crippen LogP contribution in [-0.2, 0) is 11.8 Å². The van der Waals surface area contributed by atoms with Crippen molar-refractivity contribution in [3.63, 3.8) is 0 Å². The summed E-state index contributed by atoms with van der Waals surface area (Å²) in [5.41, 5.74) is 6.23. The van der Waals surface area contributed by atoms with E-state index in [2.05, 4.69) is 10.1 Å². The van der Waals surface area contributed by atoms with Crippen molar-refractivity contribution in [1.29, 1.82) is 0 Å². The van der Waals surface area contributed by atoms with Crippen molar-refractivity contribution < 1.29 is 14.3 Å². The van der Waals surface area contributed by atoms with Crippen LogP contribution in [0.3, 0.4) is 0 Å². The van der Waals surface area contributed by atoms with E-state index < -0.39 is 5.97 Å². The molecule has 2 aromatic heterocycles. The molecule has 100 valence electrons. The predicted octanol–water partition coefficient (Wildman–Crippen LogP) is 1.37. The number of esters is 1. The third-order valence-corrected chi connectivity index (χ3v) is 2.34. The molecule has 0 bridgehead atoms. The standard InChI is InChI=1S/C12H14N4O3/c1-3-18-12(17)9-4-5-14-11(10(9)13)19-8-6-15-16(2)7-8/h4-7H,3,13H2,1-2H3. The topological polar surface area (TPSA) is 92.3 Å². The Morgan fingerprint density at radius 3 is 2.95 bits per heavy atom. The lowest BCUT2D eigenvalue weighted by molar-refractivity contribution is 0.0527. The van der Waals surface area contributed by atoms with E-state index in [0.29, 0.717) is 5.75 Å². The first-order valence-electron chi connectivity index (χ1n) is 5.70. The van der Waals surface area contributed by atoms with Gasteiger partial charge in [-0.25, -0.2) is 9.78 Å². The lowest BCUT2D eigenvalue weighted by atomic mass is 10.2. The SMILES string of the molecule is CCOC(=O)c1ccnc(Oc2cnn(C)c2)c1N. The van der Waals surface area contributed by atoms with E-state index >= 15 is 0 Å². The highest BCUT2D eigenvalue weighted by Gasteiger charge is 2.16. The van der Waals surface area contributed by atoms with Crippen molar-refractivity contribution >= 4 is 11.7 Å². The number of nitrogens with zero attached hydrogens (tertiary/aromatic N) is 3. The van der Waals surface area contributed by atoms with Gasteiger partial charge in [0, 0.05) is 13.2 Å². The van der Waals surface area contributed by atoms with Crippen molar-refractivity contribution in [2.24, 2.45) is 7.05 Å². The van der Waals surface area contributed by atoms with Crippen LogP contribution in [0.2, 0.25) is 0 Å². The van der Waals surface area contributed by atoms with Gasteiger partial charge in [-0.1, -0.05) is 0 Å². The third-order valence-electron chi connectivity index (χ3n) is 2.34. The minimum absolute atomic E-state index is 0.143. The number of nitrogen functional groups attached to an aromatic ring is 1. The fourth-order valence-corrected chi connectivity index (χ4v) is 1.49. The van der Waals surface area contributed by atoms with Crippen LogP contribution in [0, 0.1) is 0 Å². The van der Waals surface area contributed by atoms with E-state index in [1.54, 1.807) is 24.9 Å². The Bertz CT molecular complexity index is 594. The molecule has 0 amide bonds. The monoisotopic (exact) mass is 262 g/mol. The molecule has 7 nitrogen and oxygen atoms in total.